The summed E-state index contributed by atoms with van der Waals surface area (Å²) in [6.45, 7) is 0.797. The van der Waals surface area contributed by atoms with Gasteiger partial charge in [0, 0.05) is 26.0 Å². The van der Waals surface area contributed by atoms with Crippen molar-refractivity contribution in [3.05, 3.63) is 48.0 Å². The third kappa shape index (κ3) is 2.78. The Bertz CT molecular complexity index is 479. The summed E-state index contributed by atoms with van der Waals surface area (Å²) in [5.41, 5.74) is 8.39. The van der Waals surface area contributed by atoms with Gasteiger partial charge in [-0.15, -0.1) is 0 Å². The minimum Gasteiger partial charge on any atom is -0.397 e. The number of benzene rings is 1. The Morgan fingerprint density at radius 1 is 1.35 bits per heavy atom. The molecule has 1 aromatic heterocycles. The van der Waals surface area contributed by atoms with E-state index >= 15 is 0 Å². The second-order valence-corrected chi connectivity index (χ2v) is 4.09. The second kappa shape index (κ2) is 4.91. The largest absolute Gasteiger partial charge is 0.397 e. The van der Waals surface area contributed by atoms with Gasteiger partial charge in [0.15, 0.2) is 0 Å². The van der Waals surface area contributed by atoms with Crippen LogP contribution in [0.3, 0.4) is 0 Å². The van der Waals surface area contributed by atoms with Crippen LogP contribution in [0.25, 0.3) is 0 Å². The van der Waals surface area contributed by atoms with Crippen LogP contribution in [0.2, 0.25) is 0 Å². The Morgan fingerprint density at radius 2 is 2.18 bits per heavy atom. The van der Waals surface area contributed by atoms with Crippen LogP contribution in [-0.4, -0.2) is 18.6 Å². The van der Waals surface area contributed by atoms with Crippen molar-refractivity contribution in [3.63, 3.8) is 0 Å². The van der Waals surface area contributed by atoms with Gasteiger partial charge >= 0.3 is 0 Å². The van der Waals surface area contributed by atoms with E-state index in [1.165, 1.54) is 17.7 Å². The van der Waals surface area contributed by atoms with Crippen molar-refractivity contribution >= 4 is 11.4 Å². The standard InChI is InChI=1S/C13H16FN3/c1-17(7-5-10-4-6-16-9-10)13-8-11(14)2-3-12(13)15/h2-4,6,8-9,16H,5,7,15H2,1H3. The van der Waals surface area contributed by atoms with Crippen molar-refractivity contribution in [1.82, 2.24) is 4.98 Å². The number of likely N-dealkylation sites (N-methyl/N-ethyl adjacent to an activating group) is 1. The summed E-state index contributed by atoms with van der Waals surface area (Å²) in [7, 11) is 1.91. The normalized spacial score (nSPS) is 10.5. The van der Waals surface area contributed by atoms with Crippen molar-refractivity contribution in [2.24, 2.45) is 0 Å². The van der Waals surface area contributed by atoms with Crippen LogP contribution < -0.4 is 10.6 Å². The first-order chi connectivity index (χ1) is 8.16. The summed E-state index contributed by atoms with van der Waals surface area (Å²) in [5.74, 6) is -0.261. The first kappa shape index (κ1) is 11.5. The molecule has 0 unspecified atom stereocenters. The molecular formula is C13H16FN3. The molecule has 0 spiro atoms. The number of nitrogen functional groups attached to an aromatic ring is 1. The quantitative estimate of drug-likeness (QED) is 0.796. The zero-order valence-corrected chi connectivity index (χ0v) is 9.78. The SMILES string of the molecule is CN(CCc1cc[nH]c1)c1cc(F)ccc1N. The molecule has 3 nitrogen and oxygen atoms in total. The van der Waals surface area contributed by atoms with Gasteiger partial charge in [-0.05, 0) is 36.2 Å². The van der Waals surface area contributed by atoms with Crippen molar-refractivity contribution in [3.8, 4) is 0 Å². The molecule has 0 fully saturated rings. The zero-order valence-electron chi connectivity index (χ0n) is 9.78. The number of H-pyrrole nitrogens is 1. The van der Waals surface area contributed by atoms with E-state index in [2.05, 4.69) is 4.98 Å². The third-order valence-corrected chi connectivity index (χ3v) is 2.80. The third-order valence-electron chi connectivity index (χ3n) is 2.80. The molecule has 0 aliphatic rings. The van der Waals surface area contributed by atoms with E-state index in [0.29, 0.717) is 5.69 Å². The summed E-state index contributed by atoms with van der Waals surface area (Å²) in [6, 6.07) is 6.46. The maximum Gasteiger partial charge on any atom is 0.125 e. The van der Waals surface area contributed by atoms with E-state index in [0.717, 1.165) is 18.7 Å². The first-order valence-electron chi connectivity index (χ1n) is 5.54. The highest BCUT2D eigenvalue weighted by atomic mass is 19.1. The molecular weight excluding hydrogens is 217 g/mol. The molecule has 0 radical (unpaired) electrons. The van der Waals surface area contributed by atoms with E-state index < -0.39 is 0 Å². The summed E-state index contributed by atoms with van der Waals surface area (Å²) in [4.78, 5) is 4.97. The number of anilines is 2. The molecule has 1 heterocycles. The van der Waals surface area contributed by atoms with Crippen LogP contribution in [0.15, 0.2) is 36.7 Å². The van der Waals surface area contributed by atoms with Crippen LogP contribution >= 0.6 is 0 Å². The highest BCUT2D eigenvalue weighted by molar-refractivity contribution is 5.67. The Labute approximate surface area is 100 Å². The van der Waals surface area contributed by atoms with Gasteiger partial charge in [0.25, 0.3) is 0 Å². The molecule has 90 valence electrons. The lowest BCUT2D eigenvalue weighted by Crippen LogP contribution is -2.21. The number of nitrogens with two attached hydrogens (primary N) is 1. The molecule has 2 aromatic rings. The molecule has 0 bridgehead atoms. The molecule has 0 saturated carbocycles. The molecule has 0 aliphatic heterocycles. The number of aromatic amines is 1. The minimum atomic E-state index is -0.261. The van der Waals surface area contributed by atoms with Crippen molar-refractivity contribution in [2.75, 3.05) is 24.2 Å². The lowest BCUT2D eigenvalue weighted by molar-refractivity contribution is 0.627. The topological polar surface area (TPSA) is 45.0 Å². The van der Waals surface area contributed by atoms with Crippen LogP contribution in [0, 0.1) is 5.82 Å². The van der Waals surface area contributed by atoms with E-state index in [1.54, 1.807) is 6.07 Å². The number of rotatable bonds is 4. The summed E-state index contributed by atoms with van der Waals surface area (Å²) < 4.78 is 13.1. The van der Waals surface area contributed by atoms with Crippen molar-refractivity contribution in [2.45, 2.75) is 6.42 Å². The molecule has 0 aliphatic carbocycles. The van der Waals surface area contributed by atoms with Crippen LogP contribution in [0.5, 0.6) is 0 Å². The first-order valence-corrected chi connectivity index (χ1v) is 5.54. The van der Waals surface area contributed by atoms with Gasteiger partial charge in [-0.3, -0.25) is 0 Å². The summed E-state index contributed by atoms with van der Waals surface area (Å²) in [6.07, 6.45) is 4.75. The second-order valence-electron chi connectivity index (χ2n) is 4.09. The predicted octanol–water partition coefficient (Wildman–Crippen LogP) is 2.41. The summed E-state index contributed by atoms with van der Waals surface area (Å²) >= 11 is 0. The Morgan fingerprint density at radius 3 is 2.88 bits per heavy atom. The molecule has 0 saturated heterocycles. The number of aromatic nitrogens is 1. The monoisotopic (exact) mass is 233 g/mol. The average molecular weight is 233 g/mol. The van der Waals surface area contributed by atoms with E-state index in [-0.39, 0.29) is 5.82 Å². The molecule has 0 atom stereocenters. The fourth-order valence-electron chi connectivity index (χ4n) is 1.78. The predicted molar refractivity (Wildman–Crippen MR) is 68.6 cm³/mol. The van der Waals surface area contributed by atoms with Gasteiger partial charge < -0.3 is 15.6 Å². The molecule has 1 aromatic carbocycles. The Kier molecular flexibility index (Phi) is 3.32. The van der Waals surface area contributed by atoms with E-state index in [1.807, 2.05) is 30.4 Å². The molecule has 17 heavy (non-hydrogen) atoms. The number of hydrogen-bond donors (Lipinski definition) is 2. The van der Waals surface area contributed by atoms with Crippen LogP contribution in [0.1, 0.15) is 5.56 Å². The Balaban J connectivity index is 2.04. The van der Waals surface area contributed by atoms with Crippen LogP contribution in [-0.2, 0) is 6.42 Å². The number of halogens is 1. The minimum absolute atomic E-state index is 0.261. The zero-order chi connectivity index (χ0) is 12.3. The summed E-state index contributed by atoms with van der Waals surface area (Å²) in [5, 5.41) is 0. The fraction of sp³-hybridized carbons (Fsp3) is 0.231. The fourth-order valence-corrected chi connectivity index (χ4v) is 1.78. The van der Waals surface area contributed by atoms with Gasteiger partial charge in [-0.1, -0.05) is 0 Å². The van der Waals surface area contributed by atoms with Gasteiger partial charge in [-0.25, -0.2) is 4.39 Å². The van der Waals surface area contributed by atoms with Crippen molar-refractivity contribution in [1.29, 1.82) is 0 Å². The van der Waals surface area contributed by atoms with Gasteiger partial charge in [-0.2, -0.15) is 0 Å². The maximum atomic E-state index is 13.1. The van der Waals surface area contributed by atoms with E-state index in [9.17, 15) is 4.39 Å². The average Bonchev–Trinajstić information content (AvgIpc) is 2.82. The number of nitrogens with one attached hydrogen (secondary N) is 1. The number of nitrogens with zero attached hydrogens (tertiary/aromatic N) is 1. The highest BCUT2D eigenvalue weighted by Gasteiger charge is 2.06. The lowest BCUT2D eigenvalue weighted by atomic mass is 10.2. The molecule has 2 rings (SSSR count). The van der Waals surface area contributed by atoms with Gasteiger partial charge in [0.2, 0.25) is 0 Å². The smallest absolute Gasteiger partial charge is 0.125 e. The number of hydrogen-bond acceptors (Lipinski definition) is 2. The van der Waals surface area contributed by atoms with Gasteiger partial charge in [0.05, 0.1) is 11.4 Å². The Hall–Kier alpha value is -1.97. The lowest BCUT2D eigenvalue weighted by Gasteiger charge is -2.20. The van der Waals surface area contributed by atoms with E-state index in [4.69, 9.17) is 5.73 Å². The molecule has 4 heteroatoms. The van der Waals surface area contributed by atoms with Crippen LogP contribution in [0.4, 0.5) is 15.8 Å². The molecule has 3 N–H and O–H groups in total. The van der Waals surface area contributed by atoms with Gasteiger partial charge in [0.1, 0.15) is 5.82 Å². The highest BCUT2D eigenvalue weighted by Crippen LogP contribution is 2.23. The van der Waals surface area contributed by atoms with Crippen molar-refractivity contribution < 1.29 is 4.39 Å². The maximum absolute atomic E-state index is 13.1. The molecule has 0 amide bonds.